The van der Waals surface area contributed by atoms with E-state index in [2.05, 4.69) is 15.3 Å². The molecule has 0 atom stereocenters. The summed E-state index contributed by atoms with van der Waals surface area (Å²) in [5, 5.41) is 5.82. The highest BCUT2D eigenvalue weighted by molar-refractivity contribution is 7.13. The Labute approximate surface area is 144 Å². The Kier molecular flexibility index (Phi) is 5.52. The lowest BCUT2D eigenvalue weighted by atomic mass is 10.3. The van der Waals surface area contributed by atoms with E-state index in [-0.39, 0.29) is 12.5 Å². The summed E-state index contributed by atoms with van der Waals surface area (Å²) < 4.78 is 5.40. The van der Waals surface area contributed by atoms with Crippen LogP contribution in [0.4, 0.5) is 0 Å². The number of rotatable bonds is 7. The zero-order valence-corrected chi connectivity index (χ0v) is 13.8. The molecular formula is C18H17N3O2S. The van der Waals surface area contributed by atoms with Gasteiger partial charge in [-0.15, -0.1) is 11.3 Å². The number of thiazole rings is 1. The second-order valence-corrected chi connectivity index (χ2v) is 5.94. The summed E-state index contributed by atoms with van der Waals surface area (Å²) in [6.45, 7) is 0.555. The molecule has 0 aliphatic heterocycles. The Balaban J connectivity index is 1.42. The van der Waals surface area contributed by atoms with Crippen LogP contribution >= 0.6 is 11.3 Å². The highest BCUT2D eigenvalue weighted by Crippen LogP contribution is 2.22. The molecule has 0 saturated heterocycles. The molecule has 0 unspecified atom stereocenters. The third-order valence-electron chi connectivity index (χ3n) is 3.30. The van der Waals surface area contributed by atoms with Crippen LogP contribution in [0.5, 0.6) is 5.75 Å². The van der Waals surface area contributed by atoms with Gasteiger partial charge in [-0.2, -0.15) is 0 Å². The highest BCUT2D eigenvalue weighted by Gasteiger charge is 2.06. The summed E-state index contributed by atoms with van der Waals surface area (Å²) in [5.74, 6) is 0.553. The molecule has 0 aliphatic carbocycles. The number of carbonyl (C=O) groups is 1. The van der Waals surface area contributed by atoms with E-state index in [9.17, 15) is 4.79 Å². The smallest absolute Gasteiger partial charge is 0.257 e. The predicted molar refractivity (Wildman–Crippen MR) is 94.0 cm³/mol. The average molecular weight is 339 g/mol. The van der Waals surface area contributed by atoms with E-state index >= 15 is 0 Å². The molecule has 0 radical (unpaired) electrons. The van der Waals surface area contributed by atoms with Gasteiger partial charge in [0.15, 0.2) is 6.61 Å². The van der Waals surface area contributed by atoms with Crippen molar-refractivity contribution in [2.75, 3.05) is 13.2 Å². The fourth-order valence-electron chi connectivity index (χ4n) is 2.10. The molecule has 0 fully saturated rings. The quantitative estimate of drug-likeness (QED) is 0.719. The van der Waals surface area contributed by atoms with Crippen LogP contribution < -0.4 is 10.1 Å². The highest BCUT2D eigenvalue weighted by atomic mass is 32.1. The number of ether oxygens (including phenoxy) is 1. The molecular weight excluding hydrogens is 322 g/mol. The summed E-state index contributed by atoms with van der Waals surface area (Å²) in [5.41, 5.74) is 2.03. The van der Waals surface area contributed by atoms with Gasteiger partial charge >= 0.3 is 0 Å². The molecule has 3 rings (SSSR count). The first-order valence-electron chi connectivity index (χ1n) is 7.60. The molecule has 6 heteroatoms. The van der Waals surface area contributed by atoms with Gasteiger partial charge in [-0.25, -0.2) is 4.98 Å². The number of benzene rings is 1. The number of carbonyl (C=O) groups excluding carboxylic acids is 1. The van der Waals surface area contributed by atoms with Gasteiger partial charge in [0.1, 0.15) is 10.8 Å². The summed E-state index contributed by atoms with van der Waals surface area (Å²) >= 11 is 1.59. The maximum absolute atomic E-state index is 11.8. The summed E-state index contributed by atoms with van der Waals surface area (Å²) in [6.07, 6.45) is 4.20. The van der Waals surface area contributed by atoms with E-state index in [0.29, 0.717) is 18.7 Å². The first-order chi connectivity index (χ1) is 11.8. The van der Waals surface area contributed by atoms with Gasteiger partial charge in [0.05, 0.1) is 5.69 Å². The van der Waals surface area contributed by atoms with Crippen molar-refractivity contribution >= 4 is 17.2 Å². The summed E-state index contributed by atoms with van der Waals surface area (Å²) in [6, 6.07) is 13.2. The molecule has 0 spiro atoms. The van der Waals surface area contributed by atoms with Crippen molar-refractivity contribution in [1.82, 2.24) is 15.3 Å². The van der Waals surface area contributed by atoms with Gasteiger partial charge in [-0.3, -0.25) is 9.78 Å². The van der Waals surface area contributed by atoms with Crippen molar-refractivity contribution in [2.24, 2.45) is 0 Å². The average Bonchev–Trinajstić information content (AvgIpc) is 3.11. The minimum absolute atomic E-state index is 0.0172. The standard InChI is InChI=1S/C18H17N3O2S/c22-17(12-23-16-4-2-1-3-5-16)20-11-8-15-13-24-18(21-15)14-6-9-19-10-7-14/h1-7,9-10,13H,8,11-12H2,(H,20,22). The molecule has 0 bridgehead atoms. The molecule has 0 saturated carbocycles. The van der Waals surface area contributed by atoms with Crippen LogP contribution in [0.15, 0.2) is 60.2 Å². The second-order valence-electron chi connectivity index (χ2n) is 5.08. The summed E-state index contributed by atoms with van der Waals surface area (Å²) in [7, 11) is 0. The maximum atomic E-state index is 11.8. The number of aromatic nitrogens is 2. The molecule has 0 aliphatic rings. The topological polar surface area (TPSA) is 64.1 Å². The number of para-hydroxylation sites is 1. The van der Waals surface area contributed by atoms with Gasteiger partial charge in [0.2, 0.25) is 0 Å². The molecule has 2 aromatic heterocycles. The van der Waals surface area contributed by atoms with Crippen LogP contribution in [0.1, 0.15) is 5.69 Å². The molecule has 3 aromatic rings. The Morgan fingerprint density at radius 1 is 1.12 bits per heavy atom. The SMILES string of the molecule is O=C(COc1ccccc1)NCCc1csc(-c2ccncc2)n1. The number of nitrogens with one attached hydrogen (secondary N) is 1. The lowest BCUT2D eigenvalue weighted by Gasteiger charge is -2.06. The minimum Gasteiger partial charge on any atom is -0.484 e. The number of pyridine rings is 1. The van der Waals surface area contributed by atoms with Gasteiger partial charge in [0, 0.05) is 36.3 Å². The Hall–Kier alpha value is -2.73. The molecule has 2 heterocycles. The Morgan fingerprint density at radius 3 is 2.71 bits per heavy atom. The largest absolute Gasteiger partial charge is 0.484 e. The van der Waals surface area contributed by atoms with E-state index in [1.165, 1.54) is 0 Å². The van der Waals surface area contributed by atoms with Crippen molar-refractivity contribution < 1.29 is 9.53 Å². The Morgan fingerprint density at radius 2 is 1.92 bits per heavy atom. The first kappa shape index (κ1) is 16.1. The number of hydrogen-bond acceptors (Lipinski definition) is 5. The zero-order chi connectivity index (χ0) is 16.6. The number of nitrogens with zero attached hydrogens (tertiary/aromatic N) is 2. The number of amides is 1. The molecule has 1 N–H and O–H groups in total. The van der Waals surface area contributed by atoms with E-state index < -0.39 is 0 Å². The second kappa shape index (κ2) is 8.21. The first-order valence-corrected chi connectivity index (χ1v) is 8.48. The maximum Gasteiger partial charge on any atom is 0.257 e. The minimum atomic E-state index is -0.136. The van der Waals surface area contributed by atoms with Gasteiger partial charge in [0.25, 0.3) is 5.91 Å². The van der Waals surface area contributed by atoms with Crippen molar-refractivity contribution in [3.8, 4) is 16.3 Å². The summed E-state index contributed by atoms with van der Waals surface area (Å²) in [4.78, 5) is 20.4. The Bertz CT molecular complexity index is 775. The van der Waals surface area contributed by atoms with Gasteiger partial charge < -0.3 is 10.1 Å². The lowest BCUT2D eigenvalue weighted by Crippen LogP contribution is -2.30. The molecule has 24 heavy (non-hydrogen) atoms. The lowest BCUT2D eigenvalue weighted by molar-refractivity contribution is -0.123. The fourth-order valence-corrected chi connectivity index (χ4v) is 2.96. The monoisotopic (exact) mass is 339 g/mol. The van der Waals surface area contributed by atoms with E-state index in [0.717, 1.165) is 16.3 Å². The number of hydrogen-bond donors (Lipinski definition) is 1. The van der Waals surface area contributed by atoms with Gasteiger partial charge in [-0.1, -0.05) is 18.2 Å². The van der Waals surface area contributed by atoms with Crippen molar-refractivity contribution in [1.29, 1.82) is 0 Å². The van der Waals surface area contributed by atoms with Crippen molar-refractivity contribution in [3.05, 3.63) is 65.9 Å². The molecule has 5 nitrogen and oxygen atoms in total. The van der Waals surface area contributed by atoms with Crippen LogP contribution in [-0.4, -0.2) is 29.0 Å². The molecule has 122 valence electrons. The fraction of sp³-hybridized carbons (Fsp3) is 0.167. The van der Waals surface area contributed by atoms with Crippen LogP contribution in [0, 0.1) is 0 Å². The third-order valence-corrected chi connectivity index (χ3v) is 4.24. The predicted octanol–water partition coefficient (Wildman–Crippen LogP) is 2.94. The van der Waals surface area contributed by atoms with E-state index in [1.54, 1.807) is 23.7 Å². The van der Waals surface area contributed by atoms with Crippen molar-refractivity contribution in [3.63, 3.8) is 0 Å². The van der Waals surface area contributed by atoms with E-state index in [4.69, 9.17) is 4.74 Å². The van der Waals surface area contributed by atoms with Crippen LogP contribution in [0.3, 0.4) is 0 Å². The van der Waals surface area contributed by atoms with Gasteiger partial charge in [-0.05, 0) is 24.3 Å². The third kappa shape index (κ3) is 4.63. The van der Waals surface area contributed by atoms with Crippen LogP contribution in [0.2, 0.25) is 0 Å². The zero-order valence-electron chi connectivity index (χ0n) is 13.0. The molecule has 1 aromatic carbocycles. The normalized spacial score (nSPS) is 10.3. The van der Waals surface area contributed by atoms with Crippen LogP contribution in [0.25, 0.3) is 10.6 Å². The van der Waals surface area contributed by atoms with Crippen LogP contribution in [-0.2, 0) is 11.2 Å². The van der Waals surface area contributed by atoms with E-state index in [1.807, 2.05) is 47.8 Å². The van der Waals surface area contributed by atoms with Crippen molar-refractivity contribution in [2.45, 2.75) is 6.42 Å². The molecule has 1 amide bonds.